The lowest BCUT2D eigenvalue weighted by Crippen LogP contribution is -2.63. The molecule has 45 heavy (non-hydrogen) atoms. The van der Waals surface area contributed by atoms with Crippen LogP contribution in [0.4, 0.5) is 0 Å². The monoisotopic (exact) mass is 640 g/mol. The number of carbonyl (C=O) groups excluding carboxylic acids is 4. The van der Waals surface area contributed by atoms with Gasteiger partial charge in [0.15, 0.2) is 4.87 Å². The van der Waals surface area contributed by atoms with Crippen LogP contribution in [0.3, 0.4) is 0 Å². The van der Waals surface area contributed by atoms with E-state index in [2.05, 4.69) is 5.43 Å². The molecule has 0 spiro atoms. The van der Waals surface area contributed by atoms with E-state index in [-0.39, 0.29) is 19.5 Å². The summed E-state index contributed by atoms with van der Waals surface area (Å²) in [7, 11) is 0. The quantitative estimate of drug-likeness (QED) is 0.0753. The van der Waals surface area contributed by atoms with Crippen LogP contribution < -0.4 is 11.2 Å². The van der Waals surface area contributed by atoms with Crippen molar-refractivity contribution in [1.82, 2.24) is 15.3 Å². The molecule has 0 bridgehead atoms. The molecule has 0 radical (unpaired) electrons. The van der Waals surface area contributed by atoms with Crippen molar-refractivity contribution in [1.29, 1.82) is 0 Å². The summed E-state index contributed by atoms with van der Waals surface area (Å²) in [6, 6.07) is 37.1. The van der Waals surface area contributed by atoms with Crippen LogP contribution in [-0.4, -0.2) is 43.7 Å². The number of hydrazine groups is 1. The Bertz CT molecular complexity index is 1580. The van der Waals surface area contributed by atoms with Gasteiger partial charge in [-0.2, -0.15) is 12.6 Å². The lowest BCUT2D eigenvalue weighted by molar-refractivity contribution is -0.154. The van der Waals surface area contributed by atoms with E-state index in [0.29, 0.717) is 12.0 Å². The highest BCUT2D eigenvalue weighted by atomic mass is 32.1. The van der Waals surface area contributed by atoms with Gasteiger partial charge >= 0.3 is 0 Å². The number of nitrogens with one attached hydrogen (secondary N) is 1. The van der Waals surface area contributed by atoms with Crippen molar-refractivity contribution in [2.75, 3.05) is 0 Å². The van der Waals surface area contributed by atoms with Crippen LogP contribution in [0.25, 0.3) is 0 Å². The largest absolute Gasteiger partial charge is 0.369 e. The fraction of sp³-hybridized carbons (Fsp3) is 0.200. The molecule has 2 atom stereocenters. The molecule has 0 aliphatic carbocycles. The maximum Gasteiger partial charge on any atom is 0.277 e. The molecular formula is C35H36N4O4S2. The minimum absolute atomic E-state index is 0.0111. The van der Waals surface area contributed by atoms with Gasteiger partial charge in [-0.05, 0) is 28.7 Å². The van der Waals surface area contributed by atoms with Crippen LogP contribution in [0.5, 0.6) is 0 Å². The number of nitrogens with two attached hydrogens (primary N) is 1. The van der Waals surface area contributed by atoms with Gasteiger partial charge in [0.1, 0.15) is 6.42 Å². The van der Waals surface area contributed by atoms with Crippen LogP contribution in [0.15, 0.2) is 121 Å². The summed E-state index contributed by atoms with van der Waals surface area (Å²) in [6.07, 6.45) is -0.295. The Balaban J connectivity index is 1.80. The van der Waals surface area contributed by atoms with Gasteiger partial charge in [-0.15, -0.1) is 12.6 Å². The molecule has 4 aromatic rings. The number of benzene rings is 4. The summed E-state index contributed by atoms with van der Waals surface area (Å²) in [5.74, 6) is -2.69. The number of primary amides is 1. The average molecular weight is 641 g/mol. The molecule has 0 aromatic heterocycles. The van der Waals surface area contributed by atoms with Crippen LogP contribution in [0.1, 0.15) is 28.7 Å². The average Bonchev–Trinajstić information content (AvgIpc) is 3.04. The standard InChI is InChI=1S/C35H36N4O4S2/c36-31(40)22-32(41)37-39(25-29-19-11-4-12-20-29)34(43)35(45,23-27-15-7-2-8-16-27)38(24-28-17-9-3-10-18-28)33(42)30(44)21-26-13-5-1-6-14-26/h1-20,30,44-45H,21-25H2,(H2,36,40)(H,37,41)/t30-,35-/m0/s1. The van der Waals surface area contributed by atoms with Gasteiger partial charge in [0.2, 0.25) is 17.7 Å². The second-order valence-corrected chi connectivity index (χ2v) is 12.0. The zero-order valence-electron chi connectivity index (χ0n) is 24.7. The Morgan fingerprint density at radius 3 is 1.62 bits per heavy atom. The fourth-order valence-corrected chi connectivity index (χ4v) is 5.74. The molecule has 0 heterocycles. The molecule has 10 heteroatoms. The fourth-order valence-electron chi connectivity index (χ4n) is 4.92. The summed E-state index contributed by atoms with van der Waals surface area (Å²) in [5, 5.41) is 0.297. The number of hydrogen-bond acceptors (Lipinski definition) is 6. The van der Waals surface area contributed by atoms with Gasteiger partial charge in [0, 0.05) is 13.0 Å². The predicted octanol–water partition coefficient (Wildman–Crippen LogP) is 4.36. The van der Waals surface area contributed by atoms with E-state index in [4.69, 9.17) is 31.0 Å². The maximum absolute atomic E-state index is 14.8. The predicted molar refractivity (Wildman–Crippen MR) is 181 cm³/mol. The smallest absolute Gasteiger partial charge is 0.277 e. The molecule has 0 saturated heterocycles. The van der Waals surface area contributed by atoms with Gasteiger partial charge in [-0.3, -0.25) is 24.6 Å². The Morgan fingerprint density at radius 2 is 1.13 bits per heavy atom. The number of carbonyl (C=O) groups is 4. The van der Waals surface area contributed by atoms with E-state index in [9.17, 15) is 19.2 Å². The topological polar surface area (TPSA) is 113 Å². The molecule has 0 saturated carbocycles. The number of hydrogen-bond donors (Lipinski definition) is 4. The normalized spacial score (nSPS) is 12.8. The van der Waals surface area contributed by atoms with Gasteiger partial charge in [-0.25, -0.2) is 5.01 Å². The highest BCUT2D eigenvalue weighted by Gasteiger charge is 2.47. The first-order valence-corrected chi connectivity index (χ1v) is 15.4. The van der Waals surface area contributed by atoms with Crippen LogP contribution in [0.2, 0.25) is 0 Å². The molecule has 0 fully saturated rings. The maximum atomic E-state index is 14.8. The first-order valence-electron chi connectivity index (χ1n) is 14.4. The molecule has 4 amide bonds. The third kappa shape index (κ3) is 9.47. The van der Waals surface area contributed by atoms with Gasteiger partial charge < -0.3 is 10.6 Å². The highest BCUT2D eigenvalue weighted by molar-refractivity contribution is 7.83. The number of thiol groups is 2. The molecule has 0 aliphatic heterocycles. The minimum atomic E-state index is -1.80. The zero-order valence-corrected chi connectivity index (χ0v) is 26.4. The SMILES string of the molecule is NC(=O)CC(=O)NN(Cc1ccccc1)C(=O)[C@@](S)(Cc1ccccc1)N(Cc1ccccc1)C(=O)[C@@H](S)Cc1ccccc1. The van der Waals surface area contributed by atoms with Crippen LogP contribution >= 0.6 is 25.3 Å². The van der Waals surface area contributed by atoms with Crippen molar-refractivity contribution < 1.29 is 19.2 Å². The highest BCUT2D eigenvalue weighted by Crippen LogP contribution is 2.32. The summed E-state index contributed by atoms with van der Waals surface area (Å²) < 4.78 is 0. The van der Waals surface area contributed by atoms with E-state index in [1.54, 1.807) is 24.3 Å². The molecule has 3 N–H and O–H groups in total. The third-order valence-electron chi connectivity index (χ3n) is 7.11. The van der Waals surface area contributed by atoms with Crippen LogP contribution in [0, 0.1) is 0 Å². The van der Waals surface area contributed by atoms with Crippen molar-refractivity contribution in [2.45, 2.75) is 42.5 Å². The number of amides is 4. The summed E-state index contributed by atoms with van der Waals surface area (Å²) in [4.78, 5) is 53.3. The van der Waals surface area contributed by atoms with Crippen molar-refractivity contribution in [3.05, 3.63) is 144 Å². The first-order chi connectivity index (χ1) is 21.7. The lowest BCUT2D eigenvalue weighted by atomic mass is 10.00. The van der Waals surface area contributed by atoms with Crippen molar-refractivity contribution in [2.24, 2.45) is 5.73 Å². The summed E-state index contributed by atoms with van der Waals surface area (Å²) in [5.41, 5.74) is 11.0. The molecule has 232 valence electrons. The van der Waals surface area contributed by atoms with Crippen molar-refractivity contribution >= 4 is 48.9 Å². The van der Waals surface area contributed by atoms with E-state index < -0.39 is 40.2 Å². The zero-order chi connectivity index (χ0) is 32.2. The summed E-state index contributed by atoms with van der Waals surface area (Å²) in [6.45, 7) is -0.00896. The summed E-state index contributed by atoms with van der Waals surface area (Å²) >= 11 is 9.77. The van der Waals surface area contributed by atoms with E-state index >= 15 is 0 Å². The lowest BCUT2D eigenvalue weighted by Gasteiger charge is -2.43. The second-order valence-electron chi connectivity index (χ2n) is 10.6. The van der Waals surface area contributed by atoms with Gasteiger partial charge in [0.05, 0.1) is 11.8 Å². The van der Waals surface area contributed by atoms with E-state index in [1.807, 2.05) is 97.1 Å². The molecule has 0 aliphatic rings. The molecule has 4 rings (SSSR count). The molecule has 0 unspecified atom stereocenters. The number of rotatable bonds is 13. The Hall–Kier alpha value is -4.54. The van der Waals surface area contributed by atoms with Gasteiger partial charge in [-0.1, -0.05) is 121 Å². The Labute approximate surface area is 274 Å². The Kier molecular flexibility index (Phi) is 11.8. The first kappa shape index (κ1) is 33.4. The van der Waals surface area contributed by atoms with Crippen molar-refractivity contribution in [3.63, 3.8) is 0 Å². The van der Waals surface area contributed by atoms with Gasteiger partial charge in [0.25, 0.3) is 5.91 Å². The van der Waals surface area contributed by atoms with Crippen molar-refractivity contribution in [3.8, 4) is 0 Å². The van der Waals surface area contributed by atoms with Crippen LogP contribution in [-0.2, 0) is 45.1 Å². The second kappa shape index (κ2) is 16.0. The number of nitrogens with zero attached hydrogens (tertiary/aromatic N) is 2. The molecule has 4 aromatic carbocycles. The third-order valence-corrected chi connectivity index (χ3v) is 8.11. The molecular weight excluding hydrogens is 605 g/mol. The minimum Gasteiger partial charge on any atom is -0.369 e. The van der Waals surface area contributed by atoms with E-state index in [1.165, 1.54) is 4.90 Å². The Morgan fingerprint density at radius 1 is 0.689 bits per heavy atom. The molecule has 8 nitrogen and oxygen atoms in total. The van der Waals surface area contributed by atoms with E-state index in [0.717, 1.165) is 21.7 Å².